The first-order chi connectivity index (χ1) is 13.4. The topological polar surface area (TPSA) is 48.9 Å². The molecule has 0 spiro atoms. The first-order valence-corrected chi connectivity index (χ1v) is 8.78. The number of alkyl halides is 2. The van der Waals surface area contributed by atoms with Crippen molar-refractivity contribution in [3.8, 4) is 5.75 Å². The molecule has 2 N–H and O–H groups in total. The van der Waals surface area contributed by atoms with Crippen LogP contribution in [0.1, 0.15) is 16.7 Å². The number of aliphatic imine (C=N–C) groups is 1. The van der Waals surface area contributed by atoms with Crippen LogP contribution in [0, 0.1) is 5.82 Å². The zero-order valence-electron chi connectivity index (χ0n) is 16.6. The molecule has 160 valence electrons. The van der Waals surface area contributed by atoms with Crippen molar-refractivity contribution in [1.82, 2.24) is 15.5 Å². The predicted octanol–water partition coefficient (Wildman–Crippen LogP) is 3.97. The van der Waals surface area contributed by atoms with Gasteiger partial charge in [-0.1, -0.05) is 24.3 Å². The lowest BCUT2D eigenvalue weighted by molar-refractivity contribution is -0.0504. The summed E-state index contributed by atoms with van der Waals surface area (Å²) in [6.07, 6.45) is 0. The summed E-state index contributed by atoms with van der Waals surface area (Å²) >= 11 is 0. The van der Waals surface area contributed by atoms with Crippen LogP contribution in [-0.2, 0) is 19.6 Å². The zero-order chi connectivity index (χ0) is 20.5. The predicted molar refractivity (Wildman–Crippen MR) is 119 cm³/mol. The molecular weight excluding hydrogens is 496 g/mol. The molecule has 0 aromatic heterocycles. The average Bonchev–Trinajstić information content (AvgIpc) is 2.64. The lowest BCUT2D eigenvalue weighted by atomic mass is 10.1. The molecule has 0 radical (unpaired) electrons. The van der Waals surface area contributed by atoms with Gasteiger partial charge in [0.15, 0.2) is 5.96 Å². The Hall–Kier alpha value is -2.01. The minimum absolute atomic E-state index is 0. The van der Waals surface area contributed by atoms with E-state index in [2.05, 4.69) is 20.4 Å². The Balaban J connectivity index is 0.00000420. The Morgan fingerprint density at radius 1 is 1.07 bits per heavy atom. The van der Waals surface area contributed by atoms with Gasteiger partial charge in [0, 0.05) is 37.8 Å². The number of para-hydroxylation sites is 1. The summed E-state index contributed by atoms with van der Waals surface area (Å²) in [5.74, 6) is 0.369. The maximum atomic E-state index is 13.9. The van der Waals surface area contributed by atoms with Gasteiger partial charge in [0.25, 0.3) is 0 Å². The summed E-state index contributed by atoms with van der Waals surface area (Å²) in [6, 6.07) is 11.5. The van der Waals surface area contributed by atoms with Gasteiger partial charge >= 0.3 is 6.61 Å². The summed E-state index contributed by atoms with van der Waals surface area (Å²) in [6.45, 7) is -1.67. The van der Waals surface area contributed by atoms with Crippen molar-refractivity contribution < 1.29 is 17.9 Å². The van der Waals surface area contributed by atoms with E-state index in [0.717, 1.165) is 5.56 Å². The number of nitrogens with one attached hydrogen (secondary N) is 2. The number of rotatable bonds is 8. The molecule has 29 heavy (non-hydrogen) atoms. The fourth-order valence-electron chi connectivity index (χ4n) is 2.65. The second kappa shape index (κ2) is 12.5. The highest BCUT2D eigenvalue weighted by molar-refractivity contribution is 14.0. The molecule has 0 aliphatic carbocycles. The van der Waals surface area contributed by atoms with Crippen molar-refractivity contribution in [2.45, 2.75) is 26.2 Å². The number of hydrogen-bond acceptors (Lipinski definition) is 3. The summed E-state index contributed by atoms with van der Waals surface area (Å²) in [4.78, 5) is 6.02. The van der Waals surface area contributed by atoms with Gasteiger partial charge in [0.1, 0.15) is 11.6 Å². The number of guanidine groups is 1. The van der Waals surface area contributed by atoms with Gasteiger partial charge in [-0.3, -0.25) is 4.99 Å². The molecule has 0 aliphatic heterocycles. The van der Waals surface area contributed by atoms with E-state index < -0.39 is 6.61 Å². The summed E-state index contributed by atoms with van der Waals surface area (Å²) in [5, 5.41) is 6.19. The molecule has 0 unspecified atom stereocenters. The standard InChI is InChI=1S/C20H25F3N4O.HI/c1-24-20(26-12-15-6-4-5-7-18(15)28-19(22)23)25-11-14-8-9-17(21)16(10-14)13-27(2)3;/h4-10,19H,11-13H2,1-3H3,(H2,24,25,26);1H. The van der Waals surface area contributed by atoms with Gasteiger partial charge in [-0.2, -0.15) is 8.78 Å². The normalized spacial score (nSPS) is 11.4. The van der Waals surface area contributed by atoms with E-state index in [1.807, 2.05) is 19.0 Å². The molecule has 0 saturated carbocycles. The molecule has 0 amide bonds. The minimum Gasteiger partial charge on any atom is -0.434 e. The van der Waals surface area contributed by atoms with E-state index in [4.69, 9.17) is 0 Å². The van der Waals surface area contributed by atoms with Crippen molar-refractivity contribution in [1.29, 1.82) is 0 Å². The molecule has 0 aliphatic rings. The number of halogens is 4. The van der Waals surface area contributed by atoms with Crippen molar-refractivity contribution >= 4 is 29.9 Å². The van der Waals surface area contributed by atoms with E-state index in [9.17, 15) is 13.2 Å². The van der Waals surface area contributed by atoms with Gasteiger partial charge in [-0.15, -0.1) is 24.0 Å². The highest BCUT2D eigenvalue weighted by Crippen LogP contribution is 2.20. The van der Waals surface area contributed by atoms with Crippen LogP contribution in [0.5, 0.6) is 5.75 Å². The highest BCUT2D eigenvalue weighted by atomic mass is 127. The average molecular weight is 522 g/mol. The molecule has 2 aromatic carbocycles. The largest absolute Gasteiger partial charge is 0.434 e. The lowest BCUT2D eigenvalue weighted by Gasteiger charge is -2.15. The first-order valence-electron chi connectivity index (χ1n) is 8.78. The van der Waals surface area contributed by atoms with Gasteiger partial charge in [-0.05, 0) is 37.9 Å². The highest BCUT2D eigenvalue weighted by Gasteiger charge is 2.10. The second-order valence-corrected chi connectivity index (χ2v) is 6.43. The molecule has 0 bridgehead atoms. The number of hydrogen-bond donors (Lipinski definition) is 2. The lowest BCUT2D eigenvalue weighted by Crippen LogP contribution is -2.36. The van der Waals surface area contributed by atoms with E-state index in [0.29, 0.717) is 30.2 Å². The maximum Gasteiger partial charge on any atom is 0.387 e. The van der Waals surface area contributed by atoms with E-state index in [-0.39, 0.29) is 42.1 Å². The quantitative estimate of drug-likeness (QED) is 0.313. The van der Waals surface area contributed by atoms with Crippen LogP contribution in [0.3, 0.4) is 0 Å². The third kappa shape index (κ3) is 8.48. The Labute approximate surface area is 186 Å². The van der Waals surface area contributed by atoms with Gasteiger partial charge < -0.3 is 20.3 Å². The first kappa shape index (κ1) is 25.0. The van der Waals surface area contributed by atoms with Gasteiger partial charge in [-0.25, -0.2) is 4.39 Å². The van der Waals surface area contributed by atoms with E-state index >= 15 is 0 Å². The molecule has 0 fully saturated rings. The fraction of sp³-hybridized carbons (Fsp3) is 0.350. The molecule has 0 atom stereocenters. The van der Waals surface area contributed by atoms with Crippen LogP contribution < -0.4 is 15.4 Å². The molecule has 9 heteroatoms. The van der Waals surface area contributed by atoms with Crippen molar-refractivity contribution in [2.75, 3.05) is 21.1 Å². The third-order valence-corrected chi connectivity index (χ3v) is 3.92. The van der Waals surface area contributed by atoms with Crippen molar-refractivity contribution in [3.05, 3.63) is 65.0 Å². The Morgan fingerprint density at radius 3 is 2.41 bits per heavy atom. The van der Waals surface area contributed by atoms with E-state index in [1.165, 1.54) is 12.1 Å². The van der Waals surface area contributed by atoms with Crippen LogP contribution in [0.4, 0.5) is 13.2 Å². The number of benzene rings is 2. The van der Waals surface area contributed by atoms with Crippen LogP contribution >= 0.6 is 24.0 Å². The van der Waals surface area contributed by atoms with Crippen molar-refractivity contribution in [2.24, 2.45) is 4.99 Å². The van der Waals surface area contributed by atoms with Crippen LogP contribution in [0.15, 0.2) is 47.5 Å². The minimum atomic E-state index is -2.88. The maximum absolute atomic E-state index is 13.9. The molecule has 2 rings (SSSR count). The monoisotopic (exact) mass is 522 g/mol. The van der Waals surface area contributed by atoms with Gasteiger partial charge in [0.05, 0.1) is 0 Å². The number of nitrogens with zero attached hydrogens (tertiary/aromatic N) is 2. The third-order valence-electron chi connectivity index (χ3n) is 3.92. The van der Waals surface area contributed by atoms with Crippen molar-refractivity contribution in [3.63, 3.8) is 0 Å². The fourth-order valence-corrected chi connectivity index (χ4v) is 2.65. The molecule has 5 nitrogen and oxygen atoms in total. The summed E-state index contributed by atoms with van der Waals surface area (Å²) in [5.41, 5.74) is 2.11. The van der Waals surface area contributed by atoms with Crippen LogP contribution in [0.2, 0.25) is 0 Å². The van der Waals surface area contributed by atoms with Crippen LogP contribution in [-0.4, -0.2) is 38.6 Å². The Bertz CT molecular complexity index is 803. The number of ether oxygens (including phenoxy) is 1. The zero-order valence-corrected chi connectivity index (χ0v) is 18.9. The Kier molecular flexibility index (Phi) is 10.8. The molecule has 0 saturated heterocycles. The van der Waals surface area contributed by atoms with Crippen LogP contribution in [0.25, 0.3) is 0 Å². The molecular formula is C20H26F3IN4O. The van der Waals surface area contributed by atoms with E-state index in [1.54, 1.807) is 37.4 Å². The van der Waals surface area contributed by atoms with Gasteiger partial charge in [0.2, 0.25) is 0 Å². The summed E-state index contributed by atoms with van der Waals surface area (Å²) < 4.78 is 43.4. The summed E-state index contributed by atoms with van der Waals surface area (Å²) in [7, 11) is 5.37. The SMILES string of the molecule is CN=C(NCc1ccc(F)c(CN(C)C)c1)NCc1ccccc1OC(F)F.I. The molecule has 0 heterocycles. The molecule has 2 aromatic rings. The Morgan fingerprint density at radius 2 is 1.76 bits per heavy atom. The second-order valence-electron chi connectivity index (χ2n) is 6.43. The smallest absolute Gasteiger partial charge is 0.387 e.